The number of nitrogens with one attached hydrogen (secondary N) is 1. The Morgan fingerprint density at radius 2 is 2.13 bits per heavy atom. The van der Waals surface area contributed by atoms with Gasteiger partial charge in [-0.2, -0.15) is 0 Å². The number of halogens is 1. The second-order valence-electron chi connectivity index (χ2n) is 4.22. The molecule has 0 aliphatic carbocycles. The van der Waals surface area contributed by atoms with Gasteiger partial charge in [0.25, 0.3) is 0 Å². The Labute approximate surface area is 140 Å². The summed E-state index contributed by atoms with van der Waals surface area (Å²) in [5.74, 6) is 0.962. The number of methoxy groups -OCH3 is 2. The van der Waals surface area contributed by atoms with Crippen LogP contribution in [0.15, 0.2) is 48.3 Å². The Bertz CT molecular complexity index is 629. The van der Waals surface area contributed by atoms with E-state index in [9.17, 15) is 4.79 Å². The normalized spacial score (nSPS) is 12.2. The molecule has 0 fully saturated rings. The van der Waals surface area contributed by atoms with Gasteiger partial charge >= 0.3 is 6.03 Å². The smallest absolute Gasteiger partial charge is 0.327 e. The van der Waals surface area contributed by atoms with Gasteiger partial charge in [0.1, 0.15) is 23.1 Å². The van der Waals surface area contributed by atoms with Gasteiger partial charge < -0.3 is 14.8 Å². The quantitative estimate of drug-likeness (QED) is 0.490. The van der Waals surface area contributed by atoms with E-state index < -0.39 is 6.03 Å². The van der Waals surface area contributed by atoms with Crippen LogP contribution >= 0.6 is 11.6 Å². The molecule has 1 heterocycles. The van der Waals surface area contributed by atoms with Crippen molar-refractivity contribution in [2.24, 2.45) is 0 Å². The molecule has 1 aromatic heterocycles. The molecular formula is C15H19ClN4O3. The second-order valence-corrected chi connectivity index (χ2v) is 4.61. The predicted molar refractivity (Wildman–Crippen MR) is 89.0 cm³/mol. The fourth-order valence-electron chi connectivity index (χ4n) is 1.50. The minimum Gasteiger partial charge on any atom is -0.504 e. The molecule has 0 aliphatic heterocycles. The first-order valence-electron chi connectivity index (χ1n) is 6.65. The molecule has 0 spiro atoms. The number of carbonyl (C=O) groups excluding carboxylic acids is 1. The maximum absolute atomic E-state index is 12.3. The van der Waals surface area contributed by atoms with Crippen molar-refractivity contribution in [2.45, 2.75) is 6.92 Å². The first-order valence-corrected chi connectivity index (χ1v) is 7.03. The van der Waals surface area contributed by atoms with Crippen LogP contribution in [0.5, 0.6) is 0 Å². The van der Waals surface area contributed by atoms with Crippen LogP contribution in [0.1, 0.15) is 6.92 Å². The average Bonchev–Trinajstić information content (AvgIpc) is 2.56. The number of aromatic nitrogens is 2. The number of amides is 2. The van der Waals surface area contributed by atoms with Gasteiger partial charge in [-0.15, -0.1) is 0 Å². The highest BCUT2D eigenvalue weighted by Crippen LogP contribution is 2.13. The van der Waals surface area contributed by atoms with Crippen LogP contribution in [-0.4, -0.2) is 37.3 Å². The van der Waals surface area contributed by atoms with Gasteiger partial charge in [0.2, 0.25) is 0 Å². The molecule has 0 aromatic carbocycles. The second kappa shape index (κ2) is 9.47. The molecule has 124 valence electrons. The first kappa shape index (κ1) is 18.5. The van der Waals surface area contributed by atoms with E-state index in [1.807, 2.05) is 6.92 Å². The van der Waals surface area contributed by atoms with Crippen molar-refractivity contribution in [2.75, 3.05) is 26.2 Å². The molecule has 0 atom stereocenters. The van der Waals surface area contributed by atoms with E-state index in [2.05, 4.69) is 15.3 Å². The summed E-state index contributed by atoms with van der Waals surface area (Å²) in [7, 11) is 4.62. The molecule has 0 saturated heterocycles. The number of hydrogen-bond acceptors (Lipinski definition) is 5. The number of ether oxygens (including phenoxy) is 2. The monoisotopic (exact) mass is 338 g/mol. The Morgan fingerprint density at radius 1 is 1.39 bits per heavy atom. The summed E-state index contributed by atoms with van der Waals surface area (Å²) in [6.07, 6.45) is 7.75. The lowest BCUT2D eigenvalue weighted by Crippen LogP contribution is -2.37. The maximum atomic E-state index is 12.3. The van der Waals surface area contributed by atoms with Crippen molar-refractivity contribution in [1.82, 2.24) is 15.3 Å². The first-order chi connectivity index (χ1) is 11.0. The van der Waals surface area contributed by atoms with Gasteiger partial charge in [0.05, 0.1) is 20.5 Å². The Kier molecular flexibility index (Phi) is 7.62. The lowest BCUT2D eigenvalue weighted by Gasteiger charge is -2.17. The van der Waals surface area contributed by atoms with Gasteiger partial charge in [0.15, 0.2) is 0 Å². The summed E-state index contributed by atoms with van der Waals surface area (Å²) < 4.78 is 10.0. The fourth-order valence-corrected chi connectivity index (χ4v) is 1.64. The summed E-state index contributed by atoms with van der Waals surface area (Å²) in [6, 6.07) is 1.08. The van der Waals surface area contributed by atoms with Gasteiger partial charge in [-0.25, -0.2) is 14.8 Å². The Hall–Kier alpha value is -2.54. The van der Waals surface area contributed by atoms with Crippen molar-refractivity contribution in [3.8, 4) is 0 Å². The van der Waals surface area contributed by atoms with Crippen LogP contribution < -0.4 is 10.2 Å². The number of hydrogen-bond donors (Lipinski definition) is 1. The standard InChI is InChI=1S/C15H19ClN4O3/c1-5-12(23-4)8-11(6-7-22-3)19-15(21)20(2)14-9-13(16)17-10-18-14/h5-10H,1-4H3,(H,19,21)/b7-6+,11-8+,12-5+. The average molecular weight is 339 g/mol. The third kappa shape index (κ3) is 5.99. The summed E-state index contributed by atoms with van der Waals surface area (Å²) in [5, 5.41) is 2.98. The molecule has 0 radical (unpaired) electrons. The lowest BCUT2D eigenvalue weighted by molar-refractivity contribution is 0.249. The topological polar surface area (TPSA) is 76.6 Å². The van der Waals surface area contributed by atoms with Gasteiger partial charge in [0, 0.05) is 24.9 Å². The summed E-state index contributed by atoms with van der Waals surface area (Å²) in [5.41, 5.74) is 0.485. The molecule has 1 rings (SSSR count). The van der Waals surface area contributed by atoms with Gasteiger partial charge in [-0.05, 0) is 19.1 Å². The van der Waals surface area contributed by atoms with Crippen LogP contribution in [0.3, 0.4) is 0 Å². The summed E-state index contributed by atoms with van der Waals surface area (Å²) in [4.78, 5) is 21.4. The van der Waals surface area contributed by atoms with Crippen molar-refractivity contribution in [3.05, 3.63) is 53.5 Å². The number of anilines is 1. The largest absolute Gasteiger partial charge is 0.504 e. The summed E-state index contributed by atoms with van der Waals surface area (Å²) in [6.45, 7) is 1.82. The van der Waals surface area contributed by atoms with E-state index in [1.54, 1.807) is 32.4 Å². The zero-order chi connectivity index (χ0) is 17.2. The van der Waals surface area contributed by atoms with E-state index >= 15 is 0 Å². The highest BCUT2D eigenvalue weighted by Gasteiger charge is 2.13. The maximum Gasteiger partial charge on any atom is 0.327 e. The van der Waals surface area contributed by atoms with Crippen molar-refractivity contribution >= 4 is 23.4 Å². The Morgan fingerprint density at radius 3 is 2.70 bits per heavy atom. The van der Waals surface area contributed by atoms with Gasteiger partial charge in [-0.3, -0.25) is 4.90 Å². The predicted octanol–water partition coefficient (Wildman–Crippen LogP) is 2.87. The third-order valence-electron chi connectivity index (χ3n) is 2.72. The molecule has 2 amide bonds. The minimum absolute atomic E-state index is 0.250. The van der Waals surface area contributed by atoms with Crippen LogP contribution in [0.4, 0.5) is 10.6 Å². The van der Waals surface area contributed by atoms with E-state index in [4.69, 9.17) is 21.1 Å². The highest BCUT2D eigenvalue weighted by molar-refractivity contribution is 6.29. The van der Waals surface area contributed by atoms with E-state index in [0.717, 1.165) is 0 Å². The molecule has 1 N–H and O–H groups in total. The molecule has 0 saturated carbocycles. The number of urea groups is 1. The zero-order valence-corrected chi connectivity index (χ0v) is 14.2. The fraction of sp³-hybridized carbons (Fsp3) is 0.267. The zero-order valence-electron chi connectivity index (χ0n) is 13.4. The van der Waals surface area contributed by atoms with E-state index in [1.165, 1.54) is 30.7 Å². The van der Waals surface area contributed by atoms with Crippen LogP contribution in [-0.2, 0) is 9.47 Å². The van der Waals surface area contributed by atoms with Gasteiger partial charge in [-0.1, -0.05) is 11.6 Å². The van der Waals surface area contributed by atoms with E-state index in [-0.39, 0.29) is 5.15 Å². The van der Waals surface area contributed by atoms with Crippen molar-refractivity contribution in [3.63, 3.8) is 0 Å². The minimum atomic E-state index is -0.404. The van der Waals surface area contributed by atoms with Crippen molar-refractivity contribution in [1.29, 1.82) is 0 Å². The summed E-state index contributed by atoms with van der Waals surface area (Å²) >= 11 is 5.80. The molecule has 8 heteroatoms. The van der Waals surface area contributed by atoms with Crippen molar-refractivity contribution < 1.29 is 14.3 Å². The molecule has 0 bridgehead atoms. The number of nitrogens with zero attached hydrogens (tertiary/aromatic N) is 3. The van der Waals surface area contributed by atoms with Crippen LogP contribution in [0.2, 0.25) is 5.15 Å². The number of allylic oxidation sites excluding steroid dienone is 3. The number of carbonyl (C=O) groups is 1. The highest BCUT2D eigenvalue weighted by atomic mass is 35.5. The van der Waals surface area contributed by atoms with E-state index in [0.29, 0.717) is 17.3 Å². The molecule has 7 nitrogen and oxygen atoms in total. The number of rotatable bonds is 6. The molecule has 0 aliphatic rings. The molecule has 1 aromatic rings. The third-order valence-corrected chi connectivity index (χ3v) is 2.93. The van der Waals surface area contributed by atoms with Crippen LogP contribution in [0.25, 0.3) is 0 Å². The molecule has 0 unspecified atom stereocenters. The Balaban J connectivity index is 2.94. The molecular weight excluding hydrogens is 320 g/mol. The van der Waals surface area contributed by atoms with Crippen LogP contribution in [0, 0.1) is 0 Å². The lowest BCUT2D eigenvalue weighted by atomic mass is 10.3. The molecule has 23 heavy (non-hydrogen) atoms. The SMILES string of the molecule is C\C=C(/C=C(\C=C\OC)NC(=O)N(C)c1cc(Cl)ncn1)OC.